The molecular formula is C7H15N5O. The summed E-state index contributed by atoms with van der Waals surface area (Å²) in [5, 5.41) is 11.6. The molecule has 6 heteroatoms. The SMILES string of the molecule is CCOCC(N)Cc1nnn(C)n1. The molecule has 0 amide bonds. The van der Waals surface area contributed by atoms with Gasteiger partial charge in [0.2, 0.25) is 0 Å². The maximum absolute atomic E-state index is 5.76. The summed E-state index contributed by atoms with van der Waals surface area (Å²) in [4.78, 5) is 1.42. The van der Waals surface area contributed by atoms with Crippen LogP contribution < -0.4 is 5.73 Å². The standard InChI is InChI=1S/C7H15N5O/c1-3-13-5-6(8)4-7-9-11-12(2)10-7/h6H,3-5,8H2,1-2H3. The summed E-state index contributed by atoms with van der Waals surface area (Å²) in [7, 11) is 1.73. The minimum absolute atomic E-state index is 0.0517. The van der Waals surface area contributed by atoms with Gasteiger partial charge in [-0.25, -0.2) is 0 Å². The second-order valence-electron chi connectivity index (χ2n) is 2.82. The Morgan fingerprint density at radius 3 is 2.92 bits per heavy atom. The normalized spacial score (nSPS) is 13.2. The molecule has 1 unspecified atom stereocenters. The lowest BCUT2D eigenvalue weighted by Crippen LogP contribution is -2.29. The fourth-order valence-electron chi connectivity index (χ4n) is 0.968. The summed E-state index contributed by atoms with van der Waals surface area (Å²) in [5.41, 5.74) is 5.76. The minimum Gasteiger partial charge on any atom is -0.380 e. The molecule has 0 radical (unpaired) electrons. The molecule has 1 heterocycles. The Morgan fingerprint density at radius 1 is 1.62 bits per heavy atom. The van der Waals surface area contributed by atoms with Crippen LogP contribution in [0.15, 0.2) is 0 Å². The van der Waals surface area contributed by atoms with Gasteiger partial charge in [0.05, 0.1) is 13.7 Å². The molecule has 1 rings (SSSR count). The van der Waals surface area contributed by atoms with Gasteiger partial charge in [-0.05, 0) is 12.1 Å². The number of nitrogens with two attached hydrogens (primary N) is 1. The van der Waals surface area contributed by atoms with Crippen LogP contribution in [0.3, 0.4) is 0 Å². The Balaban J connectivity index is 2.31. The largest absolute Gasteiger partial charge is 0.380 e. The van der Waals surface area contributed by atoms with Crippen molar-refractivity contribution in [2.24, 2.45) is 12.8 Å². The predicted octanol–water partition coefficient (Wildman–Crippen LogP) is -0.884. The topological polar surface area (TPSA) is 78.9 Å². The molecule has 1 aromatic rings. The number of tetrazole rings is 1. The van der Waals surface area contributed by atoms with Crippen molar-refractivity contribution < 1.29 is 4.74 Å². The van der Waals surface area contributed by atoms with Crippen molar-refractivity contribution >= 4 is 0 Å². The van der Waals surface area contributed by atoms with E-state index >= 15 is 0 Å². The molecule has 0 saturated heterocycles. The van der Waals surface area contributed by atoms with Gasteiger partial charge in [0, 0.05) is 19.1 Å². The molecule has 0 bridgehead atoms. The average Bonchev–Trinajstić information content (AvgIpc) is 2.48. The molecule has 0 aliphatic rings. The Labute approximate surface area is 77.1 Å². The maximum atomic E-state index is 5.76. The Hall–Kier alpha value is -1.01. The fourth-order valence-corrected chi connectivity index (χ4v) is 0.968. The summed E-state index contributed by atoms with van der Waals surface area (Å²) < 4.78 is 5.17. The third-order valence-corrected chi connectivity index (χ3v) is 1.53. The summed E-state index contributed by atoms with van der Waals surface area (Å²) >= 11 is 0. The van der Waals surface area contributed by atoms with E-state index in [9.17, 15) is 0 Å². The maximum Gasteiger partial charge on any atom is 0.176 e. The number of aryl methyl sites for hydroxylation is 1. The molecule has 0 saturated carbocycles. The number of rotatable bonds is 5. The zero-order valence-corrected chi connectivity index (χ0v) is 7.97. The second kappa shape index (κ2) is 4.88. The second-order valence-corrected chi connectivity index (χ2v) is 2.82. The van der Waals surface area contributed by atoms with Gasteiger partial charge in [-0.1, -0.05) is 0 Å². The van der Waals surface area contributed by atoms with Crippen molar-refractivity contribution in [1.82, 2.24) is 20.2 Å². The molecule has 6 nitrogen and oxygen atoms in total. The van der Waals surface area contributed by atoms with Crippen LogP contribution in [-0.4, -0.2) is 39.5 Å². The molecule has 1 aromatic heterocycles. The molecule has 1 atom stereocenters. The van der Waals surface area contributed by atoms with Crippen LogP contribution >= 0.6 is 0 Å². The van der Waals surface area contributed by atoms with Crippen molar-refractivity contribution in [3.63, 3.8) is 0 Å². The molecule has 2 N–H and O–H groups in total. The number of aromatic nitrogens is 4. The highest BCUT2D eigenvalue weighted by Gasteiger charge is 2.07. The molecule has 0 fully saturated rings. The van der Waals surface area contributed by atoms with Crippen LogP contribution in [0.2, 0.25) is 0 Å². The Bertz CT molecular complexity index is 249. The van der Waals surface area contributed by atoms with Crippen LogP contribution in [0.25, 0.3) is 0 Å². The van der Waals surface area contributed by atoms with Crippen molar-refractivity contribution in [3.8, 4) is 0 Å². The van der Waals surface area contributed by atoms with Gasteiger partial charge in [0.15, 0.2) is 5.82 Å². The molecule has 0 aliphatic carbocycles. The van der Waals surface area contributed by atoms with Gasteiger partial charge < -0.3 is 10.5 Å². The average molecular weight is 185 g/mol. The zero-order chi connectivity index (χ0) is 9.68. The quantitative estimate of drug-likeness (QED) is 0.644. The van der Waals surface area contributed by atoms with Gasteiger partial charge in [0.1, 0.15) is 0 Å². The van der Waals surface area contributed by atoms with Gasteiger partial charge in [-0.2, -0.15) is 4.80 Å². The molecule has 0 aliphatic heterocycles. The smallest absolute Gasteiger partial charge is 0.176 e. The van der Waals surface area contributed by atoms with Crippen molar-refractivity contribution in [1.29, 1.82) is 0 Å². The van der Waals surface area contributed by atoms with E-state index in [0.717, 1.165) is 0 Å². The molecule has 0 aromatic carbocycles. The molecule has 74 valence electrons. The van der Waals surface area contributed by atoms with Crippen LogP contribution in [0.1, 0.15) is 12.7 Å². The van der Waals surface area contributed by atoms with Crippen molar-refractivity contribution in [2.45, 2.75) is 19.4 Å². The third-order valence-electron chi connectivity index (χ3n) is 1.53. The summed E-state index contributed by atoms with van der Waals surface area (Å²) in [6.07, 6.45) is 0.605. The predicted molar refractivity (Wildman–Crippen MR) is 47.0 cm³/mol. The van der Waals surface area contributed by atoms with E-state index in [0.29, 0.717) is 25.5 Å². The lowest BCUT2D eigenvalue weighted by Gasteiger charge is -2.07. The zero-order valence-electron chi connectivity index (χ0n) is 7.97. The first-order valence-corrected chi connectivity index (χ1v) is 4.28. The molecule has 0 spiro atoms. The van der Waals surface area contributed by atoms with E-state index < -0.39 is 0 Å². The van der Waals surface area contributed by atoms with E-state index in [2.05, 4.69) is 15.4 Å². The highest BCUT2D eigenvalue weighted by Crippen LogP contribution is 1.92. The Kier molecular flexibility index (Phi) is 3.78. The van der Waals surface area contributed by atoms with E-state index in [4.69, 9.17) is 10.5 Å². The summed E-state index contributed by atoms with van der Waals surface area (Å²) in [6, 6.07) is -0.0517. The number of hydrogen-bond acceptors (Lipinski definition) is 5. The van der Waals surface area contributed by atoms with Crippen molar-refractivity contribution in [2.75, 3.05) is 13.2 Å². The van der Waals surface area contributed by atoms with Crippen LogP contribution in [0.5, 0.6) is 0 Å². The summed E-state index contributed by atoms with van der Waals surface area (Å²) in [6.45, 7) is 3.16. The van der Waals surface area contributed by atoms with Crippen LogP contribution in [0, 0.1) is 0 Å². The van der Waals surface area contributed by atoms with Crippen LogP contribution in [0.4, 0.5) is 0 Å². The van der Waals surface area contributed by atoms with Gasteiger partial charge in [0.25, 0.3) is 0 Å². The minimum atomic E-state index is -0.0517. The first-order chi connectivity index (χ1) is 6.22. The first kappa shape index (κ1) is 10.1. The number of ether oxygens (including phenoxy) is 1. The Morgan fingerprint density at radius 2 is 2.38 bits per heavy atom. The van der Waals surface area contributed by atoms with Crippen molar-refractivity contribution in [3.05, 3.63) is 5.82 Å². The molecule has 13 heavy (non-hydrogen) atoms. The van der Waals surface area contributed by atoms with E-state index in [1.54, 1.807) is 7.05 Å². The van der Waals surface area contributed by atoms with Crippen LogP contribution in [-0.2, 0) is 18.2 Å². The fraction of sp³-hybridized carbons (Fsp3) is 0.857. The number of hydrogen-bond donors (Lipinski definition) is 1. The molecular weight excluding hydrogens is 170 g/mol. The van der Waals surface area contributed by atoms with E-state index in [1.807, 2.05) is 6.92 Å². The summed E-state index contributed by atoms with van der Waals surface area (Å²) in [5.74, 6) is 0.662. The van der Waals surface area contributed by atoms with Gasteiger partial charge in [-0.15, -0.1) is 10.2 Å². The lowest BCUT2D eigenvalue weighted by atomic mass is 10.2. The van der Waals surface area contributed by atoms with E-state index in [1.165, 1.54) is 4.80 Å². The van der Waals surface area contributed by atoms with Gasteiger partial charge in [-0.3, -0.25) is 0 Å². The monoisotopic (exact) mass is 185 g/mol. The highest BCUT2D eigenvalue weighted by atomic mass is 16.5. The van der Waals surface area contributed by atoms with E-state index in [-0.39, 0.29) is 6.04 Å². The third kappa shape index (κ3) is 3.47. The lowest BCUT2D eigenvalue weighted by molar-refractivity contribution is 0.132. The highest BCUT2D eigenvalue weighted by molar-refractivity contribution is 4.82. The van der Waals surface area contributed by atoms with Gasteiger partial charge >= 0.3 is 0 Å². The number of nitrogens with zero attached hydrogens (tertiary/aromatic N) is 4. The first-order valence-electron chi connectivity index (χ1n) is 4.28.